The van der Waals surface area contributed by atoms with Crippen molar-refractivity contribution in [2.45, 2.75) is 39.0 Å². The molecule has 0 heterocycles. The van der Waals surface area contributed by atoms with Crippen LogP contribution in [0, 0.1) is 0 Å². The first-order valence-corrected chi connectivity index (χ1v) is 7.62. The molecule has 1 aromatic carbocycles. The zero-order valence-corrected chi connectivity index (χ0v) is 14.0. The molecule has 0 aromatic heterocycles. The topological polar surface area (TPSA) is 65.5 Å². The third kappa shape index (κ3) is 7.34. The summed E-state index contributed by atoms with van der Waals surface area (Å²) >= 11 is 0. The lowest BCUT2D eigenvalue weighted by molar-refractivity contribution is -0.137. The van der Waals surface area contributed by atoms with Crippen molar-refractivity contribution >= 4 is 11.9 Å². The van der Waals surface area contributed by atoms with E-state index in [1.807, 2.05) is 13.8 Å². The molecule has 24 heavy (non-hydrogen) atoms. The van der Waals surface area contributed by atoms with E-state index in [0.717, 1.165) is 12.1 Å². The van der Waals surface area contributed by atoms with E-state index in [2.05, 4.69) is 20.9 Å². The molecule has 0 unspecified atom stereocenters. The SMILES string of the molecule is CN=C(NCCC(=O)NC(C)C)NCc1cccc(C(F)(F)F)c1. The van der Waals surface area contributed by atoms with E-state index in [9.17, 15) is 18.0 Å². The van der Waals surface area contributed by atoms with Crippen LogP contribution in [0.4, 0.5) is 13.2 Å². The smallest absolute Gasteiger partial charge is 0.356 e. The third-order valence-corrected chi connectivity index (χ3v) is 3.03. The molecule has 134 valence electrons. The second kappa shape index (κ2) is 9.14. The van der Waals surface area contributed by atoms with Gasteiger partial charge in [-0.15, -0.1) is 0 Å². The number of alkyl halides is 3. The minimum atomic E-state index is -4.36. The Bertz CT molecular complexity index is 571. The molecule has 0 spiro atoms. The first-order chi connectivity index (χ1) is 11.2. The number of rotatable bonds is 6. The Morgan fingerprint density at radius 1 is 1.25 bits per heavy atom. The van der Waals surface area contributed by atoms with Crippen molar-refractivity contribution in [2.24, 2.45) is 4.99 Å². The van der Waals surface area contributed by atoms with Crippen molar-refractivity contribution in [1.29, 1.82) is 0 Å². The molecule has 1 rings (SSSR count). The summed E-state index contributed by atoms with van der Waals surface area (Å²) in [5, 5.41) is 8.63. The number of carbonyl (C=O) groups is 1. The number of benzene rings is 1. The van der Waals surface area contributed by atoms with E-state index >= 15 is 0 Å². The van der Waals surface area contributed by atoms with Crippen LogP contribution in [-0.4, -0.2) is 31.5 Å². The second-order valence-corrected chi connectivity index (χ2v) is 5.52. The second-order valence-electron chi connectivity index (χ2n) is 5.52. The van der Waals surface area contributed by atoms with Crippen LogP contribution in [-0.2, 0) is 17.5 Å². The highest BCUT2D eigenvalue weighted by molar-refractivity contribution is 5.81. The number of amides is 1. The van der Waals surface area contributed by atoms with E-state index in [-0.39, 0.29) is 24.9 Å². The number of carbonyl (C=O) groups excluding carboxylic acids is 1. The summed E-state index contributed by atoms with van der Waals surface area (Å²) in [4.78, 5) is 15.5. The van der Waals surface area contributed by atoms with Gasteiger partial charge >= 0.3 is 6.18 Å². The Morgan fingerprint density at radius 3 is 2.54 bits per heavy atom. The maximum Gasteiger partial charge on any atom is 0.416 e. The lowest BCUT2D eigenvalue weighted by Gasteiger charge is -2.13. The van der Waals surface area contributed by atoms with Crippen LogP contribution in [0.5, 0.6) is 0 Å². The number of hydrogen-bond acceptors (Lipinski definition) is 2. The summed E-state index contributed by atoms with van der Waals surface area (Å²) < 4.78 is 38.0. The van der Waals surface area contributed by atoms with Gasteiger partial charge in [0, 0.05) is 32.6 Å². The van der Waals surface area contributed by atoms with Crippen LogP contribution in [0.3, 0.4) is 0 Å². The average Bonchev–Trinajstić information content (AvgIpc) is 2.49. The van der Waals surface area contributed by atoms with Gasteiger partial charge in [-0.2, -0.15) is 13.2 Å². The van der Waals surface area contributed by atoms with Gasteiger partial charge in [-0.25, -0.2) is 0 Å². The summed E-state index contributed by atoms with van der Waals surface area (Å²) in [6.45, 7) is 4.32. The summed E-state index contributed by atoms with van der Waals surface area (Å²) in [6.07, 6.45) is -4.08. The van der Waals surface area contributed by atoms with Gasteiger partial charge < -0.3 is 16.0 Å². The molecule has 0 radical (unpaired) electrons. The highest BCUT2D eigenvalue weighted by atomic mass is 19.4. The highest BCUT2D eigenvalue weighted by Gasteiger charge is 2.30. The zero-order valence-electron chi connectivity index (χ0n) is 14.0. The molecule has 0 aliphatic carbocycles. The Balaban J connectivity index is 2.46. The molecule has 0 fully saturated rings. The fourth-order valence-corrected chi connectivity index (χ4v) is 1.95. The number of guanidine groups is 1. The minimum Gasteiger partial charge on any atom is -0.356 e. The molecule has 5 nitrogen and oxygen atoms in total. The van der Waals surface area contributed by atoms with Crippen LogP contribution in [0.15, 0.2) is 29.3 Å². The quantitative estimate of drug-likeness (QED) is 0.548. The summed E-state index contributed by atoms with van der Waals surface area (Å²) in [5.74, 6) is 0.343. The molecule has 0 saturated heterocycles. The van der Waals surface area contributed by atoms with Gasteiger partial charge in [0.1, 0.15) is 0 Å². The number of halogens is 3. The van der Waals surface area contributed by atoms with Crippen molar-refractivity contribution in [3.05, 3.63) is 35.4 Å². The summed E-state index contributed by atoms with van der Waals surface area (Å²) in [5.41, 5.74) is -0.194. The number of nitrogens with one attached hydrogen (secondary N) is 3. The zero-order chi connectivity index (χ0) is 18.2. The van der Waals surface area contributed by atoms with Gasteiger partial charge in [0.15, 0.2) is 5.96 Å². The van der Waals surface area contributed by atoms with Crippen molar-refractivity contribution < 1.29 is 18.0 Å². The number of hydrogen-bond donors (Lipinski definition) is 3. The Morgan fingerprint density at radius 2 is 1.96 bits per heavy atom. The van der Waals surface area contributed by atoms with Gasteiger partial charge in [-0.05, 0) is 31.5 Å². The molecule has 0 saturated carbocycles. The molecule has 8 heteroatoms. The maximum atomic E-state index is 12.7. The predicted molar refractivity (Wildman–Crippen MR) is 87.5 cm³/mol. The van der Waals surface area contributed by atoms with Crippen molar-refractivity contribution in [3.63, 3.8) is 0 Å². The first-order valence-electron chi connectivity index (χ1n) is 7.62. The Kier molecular flexibility index (Phi) is 7.54. The maximum absolute atomic E-state index is 12.7. The van der Waals surface area contributed by atoms with Crippen molar-refractivity contribution in [3.8, 4) is 0 Å². The fourth-order valence-electron chi connectivity index (χ4n) is 1.95. The molecule has 1 amide bonds. The monoisotopic (exact) mass is 344 g/mol. The summed E-state index contributed by atoms with van der Waals surface area (Å²) in [6, 6.07) is 5.17. The van der Waals surface area contributed by atoms with Gasteiger partial charge in [-0.1, -0.05) is 12.1 Å². The number of aliphatic imine (C=N–C) groups is 1. The van der Waals surface area contributed by atoms with E-state index in [0.29, 0.717) is 18.1 Å². The van der Waals surface area contributed by atoms with Crippen molar-refractivity contribution in [2.75, 3.05) is 13.6 Å². The molecule has 1 aromatic rings. The van der Waals surface area contributed by atoms with E-state index in [4.69, 9.17) is 0 Å². The summed E-state index contributed by atoms with van der Waals surface area (Å²) in [7, 11) is 1.55. The molecule has 0 bridgehead atoms. The highest BCUT2D eigenvalue weighted by Crippen LogP contribution is 2.29. The largest absolute Gasteiger partial charge is 0.416 e. The third-order valence-electron chi connectivity index (χ3n) is 3.03. The number of nitrogens with zero attached hydrogens (tertiary/aromatic N) is 1. The minimum absolute atomic E-state index is 0.0779. The van der Waals surface area contributed by atoms with Crippen LogP contribution in [0.1, 0.15) is 31.4 Å². The van der Waals surface area contributed by atoms with E-state index in [1.54, 1.807) is 13.1 Å². The lowest BCUT2D eigenvalue weighted by Crippen LogP contribution is -2.39. The van der Waals surface area contributed by atoms with Crippen LogP contribution >= 0.6 is 0 Å². The van der Waals surface area contributed by atoms with Gasteiger partial charge in [0.2, 0.25) is 5.91 Å². The lowest BCUT2D eigenvalue weighted by atomic mass is 10.1. The standard InChI is InChI=1S/C16H23F3N4O/c1-11(2)23-14(24)7-8-21-15(20-3)22-10-12-5-4-6-13(9-12)16(17,18)19/h4-6,9,11H,7-8,10H2,1-3H3,(H,23,24)(H2,20,21,22). The average molecular weight is 344 g/mol. The first kappa shape index (κ1) is 19.8. The molecule has 3 N–H and O–H groups in total. The van der Waals surface area contributed by atoms with Gasteiger partial charge in [-0.3, -0.25) is 9.79 Å². The Hall–Kier alpha value is -2.25. The fraction of sp³-hybridized carbons (Fsp3) is 0.500. The normalized spacial score (nSPS) is 12.2. The molecular weight excluding hydrogens is 321 g/mol. The van der Waals surface area contributed by atoms with Gasteiger partial charge in [0.25, 0.3) is 0 Å². The molecular formula is C16H23F3N4O. The van der Waals surface area contributed by atoms with E-state index < -0.39 is 11.7 Å². The van der Waals surface area contributed by atoms with Crippen molar-refractivity contribution in [1.82, 2.24) is 16.0 Å². The van der Waals surface area contributed by atoms with Crippen LogP contribution in [0.25, 0.3) is 0 Å². The van der Waals surface area contributed by atoms with Gasteiger partial charge in [0.05, 0.1) is 5.56 Å². The molecule has 0 aliphatic rings. The van der Waals surface area contributed by atoms with Crippen LogP contribution in [0.2, 0.25) is 0 Å². The molecule has 0 aliphatic heterocycles. The predicted octanol–water partition coefficient (Wildman–Crippen LogP) is 2.29. The van der Waals surface area contributed by atoms with E-state index in [1.165, 1.54) is 6.07 Å². The molecule has 0 atom stereocenters. The Labute approximate surface area is 139 Å². The van der Waals surface area contributed by atoms with Crippen LogP contribution < -0.4 is 16.0 Å².